The topological polar surface area (TPSA) is 237 Å². The summed E-state index contributed by atoms with van der Waals surface area (Å²) in [4.78, 5) is 25.0. The fourth-order valence-electron chi connectivity index (χ4n) is 4.91. The van der Waals surface area contributed by atoms with Crippen LogP contribution in [0.5, 0.6) is 0 Å². The minimum atomic E-state index is -3.75. The minimum absolute atomic E-state index is 0.0418. The molecule has 0 unspecified atom stereocenters. The van der Waals surface area contributed by atoms with Crippen molar-refractivity contribution in [1.29, 1.82) is 0 Å². The van der Waals surface area contributed by atoms with Gasteiger partial charge in [0.15, 0.2) is 19.7 Å². The van der Waals surface area contributed by atoms with Gasteiger partial charge in [0.25, 0.3) is 0 Å². The van der Waals surface area contributed by atoms with E-state index >= 15 is 0 Å². The van der Waals surface area contributed by atoms with E-state index in [2.05, 4.69) is 10.6 Å². The fraction of sp³-hybridized carbons (Fsp3) is 0.316. The van der Waals surface area contributed by atoms with Crippen LogP contribution in [0.4, 0.5) is 32.3 Å². The smallest absolute Gasteiger partial charge is 0.412 e. The van der Waals surface area contributed by atoms with E-state index in [1.54, 1.807) is 102 Å². The zero-order valence-electron chi connectivity index (χ0n) is 31.0. The Labute approximate surface area is 316 Å². The average Bonchev–Trinajstić information content (AvgIpc) is 3.05. The van der Waals surface area contributed by atoms with E-state index in [1.165, 1.54) is 24.3 Å². The molecule has 2 amide bonds. The van der Waals surface area contributed by atoms with Crippen LogP contribution in [0.2, 0.25) is 0 Å². The molecule has 0 radical (unpaired) electrons. The standard InChI is InChI=1S/C24H32N2O7S.C14H16N2O3S/c1-23(2,3)32-21(28)25-18-12-11-16(15-19(18)26-22(29)33-24(4,5)6)17-9-7-8-10-20(17)34(30,31)14-13-27;15-12-6-5-10(9-13(12)16)11-3-1-2-4-14(11)20(18,19)8-7-17/h7-12,15,27H,13-14H2,1-6H3,(H,25,28)(H,26,29);1-6,9,17H,7-8,15-16H2. The van der Waals surface area contributed by atoms with Crippen LogP contribution in [0, 0.1) is 0 Å². The molecule has 0 aliphatic rings. The third-order valence-corrected chi connectivity index (χ3v) is 10.7. The quantitative estimate of drug-likeness (QED) is 0.100. The molecule has 0 bridgehead atoms. The molecule has 0 saturated heterocycles. The Kier molecular flexibility index (Phi) is 14.2. The van der Waals surface area contributed by atoms with Crippen molar-refractivity contribution in [3.8, 4) is 22.3 Å². The van der Waals surface area contributed by atoms with E-state index in [0.29, 0.717) is 33.6 Å². The van der Waals surface area contributed by atoms with Crippen LogP contribution < -0.4 is 22.1 Å². The molecule has 0 aromatic heterocycles. The lowest BCUT2D eigenvalue weighted by molar-refractivity contribution is 0.0621. The summed E-state index contributed by atoms with van der Waals surface area (Å²) in [6.07, 6.45) is -1.48. The number of rotatable bonds is 10. The van der Waals surface area contributed by atoms with Gasteiger partial charge in [0.05, 0.1) is 57.3 Å². The number of amides is 2. The fourth-order valence-corrected chi connectivity index (χ4v) is 7.44. The van der Waals surface area contributed by atoms with Crippen molar-refractivity contribution in [2.24, 2.45) is 0 Å². The van der Waals surface area contributed by atoms with Gasteiger partial charge in [0, 0.05) is 11.1 Å². The highest BCUT2D eigenvalue weighted by Gasteiger charge is 2.23. The molecule has 0 atom stereocenters. The van der Waals surface area contributed by atoms with Crippen molar-refractivity contribution in [1.82, 2.24) is 0 Å². The Hall–Kier alpha value is -5.16. The Bertz CT molecular complexity index is 2180. The van der Waals surface area contributed by atoms with Crippen molar-refractivity contribution in [3.05, 3.63) is 84.9 Å². The second kappa shape index (κ2) is 17.8. The van der Waals surface area contributed by atoms with Gasteiger partial charge in [-0.25, -0.2) is 26.4 Å². The number of hydrogen-bond donors (Lipinski definition) is 6. The molecule has 8 N–H and O–H groups in total. The number of anilines is 4. The first kappa shape index (κ1) is 43.2. The van der Waals surface area contributed by atoms with Crippen molar-refractivity contribution < 1.29 is 46.1 Å². The van der Waals surface area contributed by atoms with Gasteiger partial charge in [0.1, 0.15) is 11.2 Å². The third-order valence-electron chi connectivity index (χ3n) is 7.16. The van der Waals surface area contributed by atoms with E-state index in [-0.39, 0.29) is 26.9 Å². The largest absolute Gasteiger partial charge is 0.444 e. The third kappa shape index (κ3) is 12.5. The maximum atomic E-state index is 12.7. The number of carbonyl (C=O) groups excluding carboxylic acids is 2. The summed E-state index contributed by atoms with van der Waals surface area (Å²) < 4.78 is 60.3. The lowest BCUT2D eigenvalue weighted by Gasteiger charge is -2.22. The monoisotopic (exact) mass is 784 g/mol. The van der Waals surface area contributed by atoms with Crippen LogP contribution in [0.15, 0.2) is 94.7 Å². The van der Waals surface area contributed by atoms with Gasteiger partial charge in [-0.3, -0.25) is 10.6 Å². The molecule has 0 aliphatic heterocycles. The Morgan fingerprint density at radius 2 is 1.00 bits per heavy atom. The number of aliphatic hydroxyl groups excluding tert-OH is 2. The van der Waals surface area contributed by atoms with Crippen molar-refractivity contribution in [2.45, 2.75) is 62.5 Å². The van der Waals surface area contributed by atoms with E-state index in [4.69, 9.17) is 31.2 Å². The van der Waals surface area contributed by atoms with Gasteiger partial charge in [-0.2, -0.15) is 0 Å². The van der Waals surface area contributed by atoms with Crippen LogP contribution in [0.1, 0.15) is 41.5 Å². The van der Waals surface area contributed by atoms with Gasteiger partial charge < -0.3 is 31.2 Å². The molecule has 0 aliphatic carbocycles. The second-order valence-corrected chi connectivity index (χ2v) is 18.1. The zero-order valence-corrected chi connectivity index (χ0v) is 32.7. The number of nitrogen functional groups attached to an aromatic ring is 2. The summed E-state index contributed by atoms with van der Waals surface area (Å²) in [5.41, 5.74) is 13.3. The van der Waals surface area contributed by atoms with Gasteiger partial charge in [-0.1, -0.05) is 48.5 Å². The predicted octanol–water partition coefficient (Wildman–Crippen LogP) is 6.10. The number of aliphatic hydroxyl groups is 2. The maximum absolute atomic E-state index is 12.7. The Morgan fingerprint density at radius 1 is 0.593 bits per heavy atom. The van der Waals surface area contributed by atoms with Crippen LogP contribution in [-0.4, -0.2) is 75.2 Å². The van der Waals surface area contributed by atoms with E-state index < -0.39 is 62.0 Å². The molecule has 16 heteroatoms. The van der Waals surface area contributed by atoms with E-state index in [1.807, 2.05) is 0 Å². The highest BCUT2D eigenvalue weighted by atomic mass is 32.2. The molecule has 4 aromatic carbocycles. The van der Waals surface area contributed by atoms with Crippen LogP contribution in [-0.2, 0) is 29.1 Å². The molecule has 54 heavy (non-hydrogen) atoms. The Morgan fingerprint density at radius 3 is 1.43 bits per heavy atom. The van der Waals surface area contributed by atoms with Gasteiger partial charge in [0.2, 0.25) is 0 Å². The maximum Gasteiger partial charge on any atom is 0.412 e. The number of sulfone groups is 2. The molecule has 4 aromatic rings. The number of hydrogen-bond acceptors (Lipinski definition) is 12. The number of nitrogens with two attached hydrogens (primary N) is 2. The second-order valence-electron chi connectivity index (χ2n) is 13.9. The lowest BCUT2D eigenvalue weighted by Crippen LogP contribution is -2.29. The first-order chi connectivity index (χ1) is 25.1. The Balaban J connectivity index is 0.000000331. The SMILES string of the molecule is CC(C)(C)OC(=O)Nc1ccc(-c2ccccc2S(=O)(=O)CCO)cc1NC(=O)OC(C)(C)C.Nc1ccc(-c2ccccc2S(=O)(=O)CCO)cc1N. The molecule has 0 heterocycles. The van der Waals surface area contributed by atoms with Crippen LogP contribution >= 0.6 is 0 Å². The first-order valence-electron chi connectivity index (χ1n) is 16.7. The van der Waals surface area contributed by atoms with Crippen molar-refractivity contribution in [3.63, 3.8) is 0 Å². The van der Waals surface area contributed by atoms with E-state index in [0.717, 1.165) is 0 Å². The van der Waals surface area contributed by atoms with Gasteiger partial charge >= 0.3 is 12.2 Å². The normalized spacial score (nSPS) is 11.9. The van der Waals surface area contributed by atoms with E-state index in [9.17, 15) is 26.4 Å². The molecule has 292 valence electrons. The molecular weight excluding hydrogens is 737 g/mol. The number of ether oxygens (including phenoxy) is 2. The van der Waals surface area contributed by atoms with Crippen molar-refractivity contribution >= 4 is 54.6 Å². The van der Waals surface area contributed by atoms with Gasteiger partial charge in [-0.05, 0) is 89.1 Å². The summed E-state index contributed by atoms with van der Waals surface area (Å²) in [5.74, 6) is -0.736. The first-order valence-corrected chi connectivity index (χ1v) is 20.0. The lowest BCUT2D eigenvalue weighted by atomic mass is 10.0. The number of nitrogens with one attached hydrogen (secondary N) is 2. The highest BCUT2D eigenvalue weighted by Crippen LogP contribution is 2.34. The van der Waals surface area contributed by atoms with Gasteiger partial charge in [-0.15, -0.1) is 0 Å². The molecule has 4 rings (SSSR count). The molecule has 0 saturated carbocycles. The van der Waals surface area contributed by atoms with Crippen LogP contribution in [0.3, 0.4) is 0 Å². The van der Waals surface area contributed by atoms with Crippen LogP contribution in [0.25, 0.3) is 22.3 Å². The summed E-state index contributed by atoms with van der Waals surface area (Å²) in [6.45, 7) is 9.38. The summed E-state index contributed by atoms with van der Waals surface area (Å²) in [5, 5.41) is 23.3. The summed E-state index contributed by atoms with van der Waals surface area (Å²) >= 11 is 0. The predicted molar refractivity (Wildman–Crippen MR) is 211 cm³/mol. The molecule has 0 spiro atoms. The zero-order chi connectivity index (χ0) is 40.5. The minimum Gasteiger partial charge on any atom is -0.444 e. The average molecular weight is 785 g/mol. The number of carbonyl (C=O) groups is 2. The number of benzene rings is 4. The van der Waals surface area contributed by atoms with Crippen molar-refractivity contribution in [2.75, 3.05) is 46.8 Å². The molecule has 0 fully saturated rings. The molecular formula is C38H48N4O10S2. The summed E-state index contributed by atoms with van der Waals surface area (Å²) in [6, 6.07) is 22.6. The summed E-state index contributed by atoms with van der Waals surface area (Å²) in [7, 11) is -7.28. The highest BCUT2D eigenvalue weighted by molar-refractivity contribution is 7.91. The molecule has 14 nitrogen and oxygen atoms in total.